The lowest BCUT2D eigenvalue weighted by Crippen LogP contribution is -2.39. The third kappa shape index (κ3) is 4.72. The molecule has 1 unspecified atom stereocenters. The van der Waals surface area contributed by atoms with Gasteiger partial charge in [-0.3, -0.25) is 0 Å². The number of benzene rings is 2. The van der Waals surface area contributed by atoms with Crippen LogP contribution in [-0.4, -0.2) is 42.5 Å². The molecule has 0 bridgehead atoms. The van der Waals surface area contributed by atoms with Gasteiger partial charge in [0.25, 0.3) is 0 Å². The Balaban J connectivity index is 1.48. The number of ether oxygens (including phenoxy) is 1. The number of thioether (sulfide) groups is 1. The third-order valence-electron chi connectivity index (χ3n) is 7.08. The minimum Gasteiger partial charge on any atom is -0.497 e. The zero-order valence-electron chi connectivity index (χ0n) is 19.9. The van der Waals surface area contributed by atoms with Gasteiger partial charge >= 0.3 is 0 Å². The molecule has 2 aliphatic rings. The molecule has 0 spiro atoms. The van der Waals surface area contributed by atoms with E-state index >= 15 is 0 Å². The second kappa shape index (κ2) is 9.91. The van der Waals surface area contributed by atoms with E-state index < -0.39 is 10.0 Å². The fourth-order valence-electron chi connectivity index (χ4n) is 5.26. The standard InChI is InChI=1S/C26H33N3O3S2/c1-19-7-6-14-28(17-19)34(30,31)23-12-13-25-24(16-23)27-26(29(25)21-9-3-4-10-21)33-18-20-8-5-11-22(15-20)32-2/h5,8,11-13,15-16,19,21H,3-4,6-7,9-10,14,17-18H2,1-2H3. The summed E-state index contributed by atoms with van der Waals surface area (Å²) < 4.78 is 36.1. The van der Waals surface area contributed by atoms with Crippen LogP contribution in [0.2, 0.25) is 0 Å². The SMILES string of the molecule is COc1cccc(CSc2nc3cc(S(=O)(=O)N4CCCC(C)C4)ccc3n2C2CCCC2)c1. The van der Waals surface area contributed by atoms with Crippen molar-refractivity contribution >= 4 is 32.8 Å². The first-order chi connectivity index (χ1) is 16.5. The van der Waals surface area contributed by atoms with E-state index in [1.165, 1.54) is 18.4 Å². The van der Waals surface area contributed by atoms with Crippen molar-refractivity contribution in [2.75, 3.05) is 20.2 Å². The van der Waals surface area contributed by atoms with E-state index in [0.29, 0.717) is 29.9 Å². The van der Waals surface area contributed by atoms with Crippen LogP contribution in [0.15, 0.2) is 52.5 Å². The minimum absolute atomic E-state index is 0.356. The highest BCUT2D eigenvalue weighted by Crippen LogP contribution is 2.38. The van der Waals surface area contributed by atoms with Crippen LogP contribution in [0, 0.1) is 5.92 Å². The molecule has 3 aromatic rings. The quantitative estimate of drug-likeness (QED) is 0.380. The number of hydrogen-bond acceptors (Lipinski definition) is 5. The lowest BCUT2D eigenvalue weighted by Gasteiger charge is -2.30. The van der Waals surface area contributed by atoms with E-state index in [4.69, 9.17) is 9.72 Å². The maximum atomic E-state index is 13.4. The van der Waals surface area contributed by atoms with Crippen LogP contribution in [0.4, 0.5) is 0 Å². The van der Waals surface area contributed by atoms with Gasteiger partial charge in [0.15, 0.2) is 5.16 Å². The highest BCUT2D eigenvalue weighted by atomic mass is 32.2. The van der Waals surface area contributed by atoms with Gasteiger partial charge in [-0.2, -0.15) is 4.31 Å². The minimum atomic E-state index is -3.51. The Morgan fingerprint density at radius 2 is 1.91 bits per heavy atom. The van der Waals surface area contributed by atoms with Gasteiger partial charge in [0.1, 0.15) is 5.75 Å². The van der Waals surface area contributed by atoms with Gasteiger partial charge in [0, 0.05) is 24.9 Å². The summed E-state index contributed by atoms with van der Waals surface area (Å²) in [6.45, 7) is 3.32. The van der Waals surface area contributed by atoms with Crippen molar-refractivity contribution in [3.63, 3.8) is 0 Å². The van der Waals surface area contributed by atoms with Crippen LogP contribution < -0.4 is 4.74 Å². The fraction of sp³-hybridized carbons (Fsp3) is 0.500. The molecule has 6 nitrogen and oxygen atoms in total. The van der Waals surface area contributed by atoms with Gasteiger partial charge < -0.3 is 9.30 Å². The highest BCUT2D eigenvalue weighted by molar-refractivity contribution is 7.98. The summed E-state index contributed by atoms with van der Waals surface area (Å²) in [6, 6.07) is 14.1. The Kier molecular flexibility index (Phi) is 6.91. The molecule has 5 rings (SSSR count). The average molecular weight is 500 g/mol. The van der Waals surface area contributed by atoms with Crippen molar-refractivity contribution < 1.29 is 13.2 Å². The summed E-state index contributed by atoms with van der Waals surface area (Å²) in [7, 11) is -1.83. The highest BCUT2D eigenvalue weighted by Gasteiger charge is 2.30. The van der Waals surface area contributed by atoms with E-state index in [2.05, 4.69) is 23.6 Å². The molecular weight excluding hydrogens is 466 g/mol. The number of sulfonamides is 1. The number of fused-ring (bicyclic) bond motifs is 1. The maximum Gasteiger partial charge on any atom is 0.243 e. The molecule has 0 radical (unpaired) electrons. The third-order valence-corrected chi connectivity index (χ3v) is 9.96. The number of nitrogens with zero attached hydrogens (tertiary/aromatic N) is 3. The van der Waals surface area contributed by atoms with Crippen molar-refractivity contribution in [1.82, 2.24) is 13.9 Å². The summed E-state index contributed by atoms with van der Waals surface area (Å²) in [5.41, 5.74) is 2.98. The van der Waals surface area contributed by atoms with Crippen molar-refractivity contribution in [3.8, 4) is 5.75 Å². The van der Waals surface area contributed by atoms with Crippen LogP contribution in [-0.2, 0) is 15.8 Å². The van der Waals surface area contributed by atoms with E-state index in [1.54, 1.807) is 35.3 Å². The number of imidazole rings is 1. The fourth-order valence-corrected chi connectivity index (χ4v) is 7.90. The molecule has 182 valence electrons. The molecule has 2 heterocycles. The number of hydrogen-bond donors (Lipinski definition) is 0. The number of methoxy groups -OCH3 is 1. The van der Waals surface area contributed by atoms with Crippen LogP contribution in [0.25, 0.3) is 11.0 Å². The molecule has 1 aliphatic carbocycles. The Labute approximate surface area is 206 Å². The van der Waals surface area contributed by atoms with Crippen LogP contribution >= 0.6 is 11.8 Å². The Morgan fingerprint density at radius 1 is 1.09 bits per heavy atom. The van der Waals surface area contributed by atoms with Crippen LogP contribution in [0.1, 0.15) is 57.1 Å². The molecule has 34 heavy (non-hydrogen) atoms. The van der Waals surface area contributed by atoms with Crippen molar-refractivity contribution in [1.29, 1.82) is 0 Å². The summed E-state index contributed by atoms with van der Waals surface area (Å²) in [5.74, 6) is 2.03. The maximum absolute atomic E-state index is 13.4. The summed E-state index contributed by atoms with van der Waals surface area (Å²) in [4.78, 5) is 5.32. The van der Waals surface area contributed by atoms with Crippen LogP contribution in [0.3, 0.4) is 0 Å². The average Bonchev–Trinajstić information content (AvgIpc) is 3.49. The summed E-state index contributed by atoms with van der Waals surface area (Å²) in [6.07, 6.45) is 6.75. The smallest absolute Gasteiger partial charge is 0.243 e. The second-order valence-electron chi connectivity index (χ2n) is 9.60. The largest absolute Gasteiger partial charge is 0.497 e. The zero-order chi connectivity index (χ0) is 23.7. The first kappa shape index (κ1) is 23.7. The van der Waals surface area contributed by atoms with Gasteiger partial charge in [0.2, 0.25) is 10.0 Å². The normalized spacial score (nSPS) is 20.2. The number of aromatic nitrogens is 2. The first-order valence-corrected chi connectivity index (χ1v) is 14.7. The van der Waals surface area contributed by atoms with Gasteiger partial charge in [0.05, 0.1) is 23.0 Å². The van der Waals surface area contributed by atoms with E-state index in [-0.39, 0.29) is 0 Å². The molecule has 8 heteroatoms. The van der Waals surface area contributed by atoms with Gasteiger partial charge in [-0.15, -0.1) is 0 Å². The number of piperidine rings is 1. The lowest BCUT2D eigenvalue weighted by atomic mass is 10.0. The molecule has 1 atom stereocenters. The zero-order valence-corrected chi connectivity index (χ0v) is 21.6. The lowest BCUT2D eigenvalue weighted by molar-refractivity contribution is 0.281. The topological polar surface area (TPSA) is 64.4 Å². The second-order valence-corrected chi connectivity index (χ2v) is 12.5. The molecule has 2 aromatic carbocycles. The van der Waals surface area contributed by atoms with E-state index in [9.17, 15) is 8.42 Å². The van der Waals surface area contributed by atoms with E-state index in [1.807, 2.05) is 18.2 Å². The monoisotopic (exact) mass is 499 g/mol. The molecule has 0 N–H and O–H groups in total. The number of rotatable bonds is 7. The molecule has 1 aliphatic heterocycles. The van der Waals surface area contributed by atoms with Crippen molar-refractivity contribution in [2.24, 2.45) is 5.92 Å². The van der Waals surface area contributed by atoms with E-state index in [0.717, 1.165) is 53.4 Å². The molecular formula is C26H33N3O3S2. The molecule has 1 aromatic heterocycles. The Bertz CT molecular complexity index is 1270. The molecule has 1 saturated carbocycles. The Morgan fingerprint density at radius 3 is 2.68 bits per heavy atom. The van der Waals surface area contributed by atoms with Gasteiger partial charge in [-0.1, -0.05) is 43.7 Å². The molecule has 0 amide bonds. The predicted octanol–water partition coefficient (Wildman–Crippen LogP) is 5.87. The first-order valence-electron chi connectivity index (χ1n) is 12.2. The van der Waals surface area contributed by atoms with Gasteiger partial charge in [-0.05, 0) is 67.5 Å². The molecule has 1 saturated heterocycles. The van der Waals surface area contributed by atoms with Crippen LogP contribution in [0.5, 0.6) is 5.75 Å². The van der Waals surface area contributed by atoms with Crippen molar-refractivity contribution in [2.45, 2.75) is 67.3 Å². The van der Waals surface area contributed by atoms with Crippen molar-refractivity contribution in [3.05, 3.63) is 48.0 Å². The predicted molar refractivity (Wildman–Crippen MR) is 137 cm³/mol. The Hall–Kier alpha value is -2.03. The molecule has 2 fully saturated rings. The summed E-state index contributed by atoms with van der Waals surface area (Å²) >= 11 is 1.71. The van der Waals surface area contributed by atoms with Gasteiger partial charge in [-0.25, -0.2) is 13.4 Å². The summed E-state index contributed by atoms with van der Waals surface area (Å²) in [5, 5.41) is 0.964.